The number of ether oxygens (including phenoxy) is 1. The molecule has 1 aliphatic carbocycles. The van der Waals surface area contributed by atoms with E-state index in [1.807, 2.05) is 11.0 Å². The second-order valence-corrected chi connectivity index (χ2v) is 6.67. The summed E-state index contributed by atoms with van der Waals surface area (Å²) in [4.78, 5) is 22.8. The number of rotatable bonds is 1. The van der Waals surface area contributed by atoms with E-state index in [9.17, 15) is 4.79 Å². The Labute approximate surface area is 148 Å². The monoisotopic (exact) mass is 355 g/mol. The van der Waals surface area contributed by atoms with E-state index < -0.39 is 0 Å². The number of anilines is 1. The summed E-state index contributed by atoms with van der Waals surface area (Å²) in [6.07, 6.45) is 5.97. The average Bonchev–Trinajstić information content (AvgIpc) is 3.14. The molecular weight excluding hydrogens is 342 g/mol. The normalized spacial score (nSPS) is 15.8. The molecule has 2 aliphatic rings. The summed E-state index contributed by atoms with van der Waals surface area (Å²) >= 11 is 6.46. The standard InChI is InChI=1S/C18H14ClN3O3/c19-14-7-12-10-3-1-4-11(10)17(23)25-15(12)13-8-22(9-24-16(13)14)18-20-5-2-6-21-18/h2,5-7H,1,3-4,8-9H2. The number of nitrogens with zero attached hydrogens (tertiary/aromatic N) is 3. The highest BCUT2D eigenvalue weighted by Gasteiger charge is 2.28. The van der Waals surface area contributed by atoms with E-state index in [4.69, 9.17) is 20.8 Å². The molecule has 3 aromatic rings. The molecule has 0 N–H and O–H groups in total. The molecule has 0 amide bonds. The minimum absolute atomic E-state index is 0.252. The largest absolute Gasteiger partial charge is 0.471 e. The molecule has 0 saturated carbocycles. The van der Waals surface area contributed by atoms with Gasteiger partial charge in [-0.2, -0.15) is 0 Å². The molecule has 0 fully saturated rings. The smallest absolute Gasteiger partial charge is 0.339 e. The number of aryl methyl sites for hydroxylation is 1. The fourth-order valence-electron chi connectivity index (χ4n) is 3.69. The lowest BCUT2D eigenvalue weighted by Gasteiger charge is -2.29. The van der Waals surface area contributed by atoms with Crippen molar-refractivity contribution in [3.8, 4) is 5.75 Å². The first-order valence-electron chi connectivity index (χ1n) is 8.17. The van der Waals surface area contributed by atoms with Crippen LogP contribution in [0.25, 0.3) is 11.0 Å². The fourth-order valence-corrected chi connectivity index (χ4v) is 3.97. The van der Waals surface area contributed by atoms with E-state index in [1.54, 1.807) is 18.5 Å². The van der Waals surface area contributed by atoms with Crippen molar-refractivity contribution in [1.82, 2.24) is 9.97 Å². The minimum atomic E-state index is -0.252. The summed E-state index contributed by atoms with van der Waals surface area (Å²) < 4.78 is 11.5. The summed E-state index contributed by atoms with van der Waals surface area (Å²) in [5.74, 6) is 1.13. The van der Waals surface area contributed by atoms with Crippen LogP contribution in [0.4, 0.5) is 5.95 Å². The molecule has 0 radical (unpaired) electrons. The number of benzene rings is 1. The summed E-state index contributed by atoms with van der Waals surface area (Å²) in [5, 5.41) is 1.45. The molecule has 1 aromatic carbocycles. The van der Waals surface area contributed by atoms with E-state index in [1.165, 1.54) is 0 Å². The van der Waals surface area contributed by atoms with Crippen molar-refractivity contribution in [3.63, 3.8) is 0 Å². The topological polar surface area (TPSA) is 68.5 Å². The van der Waals surface area contributed by atoms with Crippen molar-refractivity contribution >= 4 is 28.5 Å². The van der Waals surface area contributed by atoms with Crippen LogP contribution in [0.3, 0.4) is 0 Å². The summed E-state index contributed by atoms with van der Waals surface area (Å²) in [6.45, 7) is 0.759. The summed E-state index contributed by atoms with van der Waals surface area (Å²) in [6, 6.07) is 3.62. The number of fused-ring (bicyclic) bond motifs is 5. The molecule has 2 aromatic heterocycles. The molecule has 0 atom stereocenters. The van der Waals surface area contributed by atoms with E-state index in [0.717, 1.165) is 41.3 Å². The van der Waals surface area contributed by atoms with Crippen LogP contribution < -0.4 is 15.3 Å². The zero-order valence-corrected chi connectivity index (χ0v) is 14.0. The fraction of sp³-hybridized carbons (Fsp3) is 0.278. The molecule has 0 saturated heterocycles. The highest BCUT2D eigenvalue weighted by molar-refractivity contribution is 6.33. The van der Waals surface area contributed by atoms with Gasteiger partial charge in [-0.05, 0) is 37.0 Å². The number of halogens is 1. The number of hydrogen-bond acceptors (Lipinski definition) is 6. The van der Waals surface area contributed by atoms with Gasteiger partial charge in [-0.3, -0.25) is 0 Å². The Morgan fingerprint density at radius 1 is 1.12 bits per heavy atom. The second-order valence-electron chi connectivity index (χ2n) is 6.26. The first-order valence-corrected chi connectivity index (χ1v) is 8.55. The maximum absolute atomic E-state index is 12.4. The van der Waals surface area contributed by atoms with Crippen LogP contribution in [-0.2, 0) is 19.4 Å². The van der Waals surface area contributed by atoms with Gasteiger partial charge < -0.3 is 14.1 Å². The van der Waals surface area contributed by atoms with E-state index in [0.29, 0.717) is 28.8 Å². The Bertz CT molecular complexity index is 1050. The summed E-state index contributed by atoms with van der Waals surface area (Å²) in [5.41, 5.74) is 2.92. The lowest BCUT2D eigenvalue weighted by atomic mass is 10.0. The predicted molar refractivity (Wildman–Crippen MR) is 93.2 cm³/mol. The van der Waals surface area contributed by atoms with Gasteiger partial charge in [-0.15, -0.1) is 0 Å². The maximum Gasteiger partial charge on any atom is 0.339 e. The highest BCUT2D eigenvalue weighted by Crippen LogP contribution is 2.41. The van der Waals surface area contributed by atoms with Crippen LogP contribution in [0.1, 0.15) is 23.1 Å². The van der Waals surface area contributed by atoms with Crippen LogP contribution >= 0.6 is 11.6 Å². The van der Waals surface area contributed by atoms with Crippen LogP contribution in [0.15, 0.2) is 33.7 Å². The molecule has 0 bridgehead atoms. The lowest BCUT2D eigenvalue weighted by molar-refractivity contribution is 0.286. The molecule has 0 unspecified atom stereocenters. The van der Waals surface area contributed by atoms with Gasteiger partial charge in [0.05, 0.1) is 17.1 Å². The third-order valence-electron chi connectivity index (χ3n) is 4.81. The van der Waals surface area contributed by atoms with Gasteiger partial charge in [0.15, 0.2) is 6.73 Å². The van der Waals surface area contributed by atoms with Gasteiger partial charge in [0.25, 0.3) is 0 Å². The van der Waals surface area contributed by atoms with Crippen molar-refractivity contribution in [1.29, 1.82) is 0 Å². The van der Waals surface area contributed by atoms with E-state index in [2.05, 4.69) is 9.97 Å². The number of aromatic nitrogens is 2. The zero-order valence-electron chi connectivity index (χ0n) is 13.3. The quantitative estimate of drug-likeness (QED) is 0.625. The average molecular weight is 356 g/mol. The van der Waals surface area contributed by atoms with E-state index in [-0.39, 0.29) is 12.4 Å². The molecule has 6 nitrogen and oxygen atoms in total. The van der Waals surface area contributed by atoms with Crippen LogP contribution in [-0.4, -0.2) is 16.7 Å². The van der Waals surface area contributed by atoms with Crippen molar-refractivity contribution in [3.05, 3.63) is 56.7 Å². The van der Waals surface area contributed by atoms with Gasteiger partial charge in [0.1, 0.15) is 11.3 Å². The lowest BCUT2D eigenvalue weighted by Crippen LogP contribution is -2.33. The third-order valence-corrected chi connectivity index (χ3v) is 5.09. The Kier molecular flexibility index (Phi) is 3.21. The molecule has 126 valence electrons. The van der Waals surface area contributed by atoms with Crippen molar-refractivity contribution in [2.24, 2.45) is 0 Å². The molecule has 5 rings (SSSR count). The van der Waals surface area contributed by atoms with Crippen molar-refractivity contribution in [2.45, 2.75) is 25.8 Å². The van der Waals surface area contributed by atoms with Gasteiger partial charge in [0.2, 0.25) is 5.95 Å². The van der Waals surface area contributed by atoms with Gasteiger partial charge in [-0.1, -0.05) is 11.6 Å². The Balaban J connectivity index is 1.72. The maximum atomic E-state index is 12.4. The SMILES string of the molecule is O=c1oc2c3c(c(Cl)cc2c2c1CCC2)OCN(c1ncccn1)C3. The van der Waals surface area contributed by atoms with Crippen molar-refractivity contribution in [2.75, 3.05) is 11.6 Å². The first kappa shape index (κ1) is 14.7. The van der Waals surface area contributed by atoms with Crippen LogP contribution in [0.5, 0.6) is 5.75 Å². The molecule has 7 heteroatoms. The molecular formula is C18H14ClN3O3. The predicted octanol–water partition coefficient (Wildman–Crippen LogP) is 3.08. The number of hydrogen-bond donors (Lipinski definition) is 0. The van der Waals surface area contributed by atoms with Gasteiger partial charge in [-0.25, -0.2) is 14.8 Å². The zero-order chi connectivity index (χ0) is 17.0. The Hall–Kier alpha value is -2.60. The van der Waals surface area contributed by atoms with Crippen LogP contribution in [0.2, 0.25) is 5.02 Å². The van der Waals surface area contributed by atoms with Crippen LogP contribution in [0, 0.1) is 0 Å². The third kappa shape index (κ3) is 2.21. The molecule has 25 heavy (non-hydrogen) atoms. The molecule has 3 heterocycles. The van der Waals surface area contributed by atoms with Gasteiger partial charge in [0, 0.05) is 23.3 Å². The van der Waals surface area contributed by atoms with E-state index >= 15 is 0 Å². The minimum Gasteiger partial charge on any atom is -0.471 e. The Morgan fingerprint density at radius 3 is 2.76 bits per heavy atom. The summed E-state index contributed by atoms with van der Waals surface area (Å²) in [7, 11) is 0. The first-order chi connectivity index (χ1) is 12.2. The molecule has 1 aliphatic heterocycles. The molecule has 0 spiro atoms. The van der Waals surface area contributed by atoms with Gasteiger partial charge >= 0.3 is 5.63 Å². The highest BCUT2D eigenvalue weighted by atomic mass is 35.5. The second kappa shape index (κ2) is 5.46. The Morgan fingerprint density at radius 2 is 1.92 bits per heavy atom. The van der Waals surface area contributed by atoms with Crippen molar-refractivity contribution < 1.29 is 9.15 Å².